The first-order valence-electron chi connectivity index (χ1n) is 5.30. The van der Waals surface area contributed by atoms with Gasteiger partial charge in [0.25, 0.3) is 0 Å². The molecule has 0 aromatic heterocycles. The quantitative estimate of drug-likeness (QED) is 0.721. The van der Waals surface area contributed by atoms with Gasteiger partial charge in [0.1, 0.15) is 0 Å². The van der Waals surface area contributed by atoms with Crippen LogP contribution in [-0.4, -0.2) is 11.7 Å². The smallest absolute Gasteiger partial charge is 0.0618 e. The van der Waals surface area contributed by atoms with Crippen LogP contribution in [0.15, 0.2) is 30.3 Å². The highest BCUT2D eigenvalue weighted by Crippen LogP contribution is 2.31. The third kappa shape index (κ3) is 2.24. The molecule has 0 radical (unpaired) electrons. The van der Waals surface area contributed by atoms with Gasteiger partial charge in [0.2, 0.25) is 0 Å². The lowest BCUT2D eigenvalue weighted by molar-refractivity contribution is 0.343. The maximum Gasteiger partial charge on any atom is 0.0618 e. The van der Waals surface area contributed by atoms with Gasteiger partial charge in [-0.3, -0.25) is 0 Å². The molecule has 14 heavy (non-hydrogen) atoms. The standard InChI is InChI=1S/C11H12O.C2H6/c12-8-7-10-6-5-9-3-1-2-4-11(9)10;1-2/h1-4,7,12H,5-6,8H2;1-2H3/b10-7+;. The predicted octanol–water partition coefficient (Wildman–Crippen LogP) is 3.03. The Morgan fingerprint density at radius 2 is 1.93 bits per heavy atom. The largest absolute Gasteiger partial charge is 0.392 e. The van der Waals surface area contributed by atoms with Crippen LogP contribution in [0.4, 0.5) is 0 Å². The Labute approximate surface area is 86.1 Å². The second-order valence-electron chi connectivity index (χ2n) is 3.07. The van der Waals surface area contributed by atoms with Gasteiger partial charge in [-0.15, -0.1) is 0 Å². The lowest BCUT2D eigenvalue weighted by Crippen LogP contribution is -1.80. The van der Waals surface area contributed by atoms with E-state index in [1.807, 2.05) is 19.9 Å². The van der Waals surface area contributed by atoms with Crippen molar-refractivity contribution in [2.75, 3.05) is 6.61 Å². The third-order valence-electron chi connectivity index (χ3n) is 2.36. The molecule has 0 saturated heterocycles. The Balaban J connectivity index is 0.000000461. The minimum Gasteiger partial charge on any atom is -0.392 e. The van der Waals surface area contributed by atoms with Crippen molar-refractivity contribution in [2.24, 2.45) is 0 Å². The van der Waals surface area contributed by atoms with E-state index in [-0.39, 0.29) is 6.61 Å². The fourth-order valence-corrected chi connectivity index (χ4v) is 1.78. The van der Waals surface area contributed by atoms with Crippen LogP contribution in [0.2, 0.25) is 0 Å². The summed E-state index contributed by atoms with van der Waals surface area (Å²) < 4.78 is 0. The molecule has 76 valence electrons. The van der Waals surface area contributed by atoms with Crippen LogP contribution < -0.4 is 0 Å². The summed E-state index contributed by atoms with van der Waals surface area (Å²) in [5, 5.41) is 8.78. The molecule has 0 saturated carbocycles. The molecule has 2 rings (SSSR count). The molecule has 0 aliphatic heterocycles. The Hall–Kier alpha value is -1.08. The highest BCUT2D eigenvalue weighted by molar-refractivity contribution is 5.72. The number of aryl methyl sites for hydroxylation is 1. The summed E-state index contributed by atoms with van der Waals surface area (Å²) in [6.45, 7) is 4.16. The molecule has 0 fully saturated rings. The van der Waals surface area contributed by atoms with Crippen molar-refractivity contribution in [3.8, 4) is 0 Å². The lowest BCUT2D eigenvalue weighted by atomic mass is 10.1. The minimum atomic E-state index is 0.156. The van der Waals surface area contributed by atoms with Crippen LogP contribution in [0.25, 0.3) is 5.57 Å². The SMILES string of the molecule is CC.OC/C=C1\CCc2ccccc21. The Morgan fingerprint density at radius 1 is 1.21 bits per heavy atom. The van der Waals surface area contributed by atoms with Gasteiger partial charge in [0.05, 0.1) is 6.61 Å². The first-order chi connectivity index (χ1) is 6.92. The zero-order valence-corrected chi connectivity index (χ0v) is 8.96. The van der Waals surface area contributed by atoms with E-state index < -0.39 is 0 Å². The summed E-state index contributed by atoms with van der Waals surface area (Å²) in [5.41, 5.74) is 4.04. The molecule has 1 heteroatoms. The van der Waals surface area contributed by atoms with Crippen molar-refractivity contribution in [1.29, 1.82) is 0 Å². The molecule has 1 nitrogen and oxygen atoms in total. The molecular formula is C13H18O. The molecule has 1 aliphatic carbocycles. The fraction of sp³-hybridized carbons (Fsp3) is 0.385. The van der Waals surface area contributed by atoms with E-state index in [9.17, 15) is 0 Å². The number of allylic oxidation sites excluding steroid dienone is 1. The van der Waals surface area contributed by atoms with E-state index in [2.05, 4.69) is 24.3 Å². The minimum absolute atomic E-state index is 0.156. The van der Waals surface area contributed by atoms with Crippen molar-refractivity contribution in [2.45, 2.75) is 26.7 Å². The highest BCUT2D eigenvalue weighted by atomic mass is 16.2. The molecule has 1 aliphatic rings. The second kappa shape index (κ2) is 5.61. The maximum atomic E-state index is 8.78. The summed E-state index contributed by atoms with van der Waals surface area (Å²) in [6, 6.07) is 8.41. The topological polar surface area (TPSA) is 20.2 Å². The zero-order chi connectivity index (χ0) is 10.4. The van der Waals surface area contributed by atoms with Crippen molar-refractivity contribution in [1.82, 2.24) is 0 Å². The van der Waals surface area contributed by atoms with E-state index in [1.54, 1.807) is 0 Å². The predicted molar refractivity (Wildman–Crippen MR) is 61.2 cm³/mol. The molecule has 0 heterocycles. The lowest BCUT2D eigenvalue weighted by Gasteiger charge is -1.98. The molecule has 1 N–H and O–H groups in total. The third-order valence-corrected chi connectivity index (χ3v) is 2.36. The Kier molecular flexibility index (Phi) is 4.41. The molecular weight excluding hydrogens is 172 g/mol. The molecule has 1 aromatic rings. The van der Waals surface area contributed by atoms with E-state index in [1.165, 1.54) is 16.7 Å². The average molecular weight is 190 g/mol. The summed E-state index contributed by atoms with van der Waals surface area (Å²) in [6.07, 6.45) is 4.12. The number of aliphatic hydroxyl groups is 1. The molecule has 0 atom stereocenters. The second-order valence-corrected chi connectivity index (χ2v) is 3.07. The van der Waals surface area contributed by atoms with Crippen molar-refractivity contribution < 1.29 is 5.11 Å². The van der Waals surface area contributed by atoms with E-state index >= 15 is 0 Å². The van der Waals surface area contributed by atoms with Gasteiger partial charge in [-0.05, 0) is 29.5 Å². The first-order valence-corrected chi connectivity index (χ1v) is 5.30. The normalized spacial score (nSPS) is 16.1. The molecule has 0 amide bonds. The van der Waals surface area contributed by atoms with Crippen LogP contribution in [0.3, 0.4) is 0 Å². The van der Waals surface area contributed by atoms with E-state index in [4.69, 9.17) is 5.11 Å². The van der Waals surface area contributed by atoms with Gasteiger partial charge in [0, 0.05) is 0 Å². The van der Waals surface area contributed by atoms with E-state index in [0.29, 0.717) is 0 Å². The van der Waals surface area contributed by atoms with Crippen LogP contribution in [0, 0.1) is 0 Å². The van der Waals surface area contributed by atoms with Crippen LogP contribution in [0.1, 0.15) is 31.4 Å². The Morgan fingerprint density at radius 3 is 2.64 bits per heavy atom. The number of rotatable bonds is 1. The van der Waals surface area contributed by atoms with Gasteiger partial charge in [-0.1, -0.05) is 44.2 Å². The average Bonchev–Trinajstić information content (AvgIpc) is 2.66. The van der Waals surface area contributed by atoms with Crippen molar-refractivity contribution in [3.63, 3.8) is 0 Å². The number of hydrogen-bond acceptors (Lipinski definition) is 1. The Bertz CT molecular complexity index is 313. The number of hydrogen-bond donors (Lipinski definition) is 1. The van der Waals surface area contributed by atoms with Gasteiger partial charge in [-0.25, -0.2) is 0 Å². The van der Waals surface area contributed by atoms with Crippen LogP contribution in [0.5, 0.6) is 0 Å². The van der Waals surface area contributed by atoms with Gasteiger partial charge in [0.15, 0.2) is 0 Å². The van der Waals surface area contributed by atoms with Gasteiger partial charge >= 0.3 is 0 Å². The summed E-state index contributed by atoms with van der Waals surface area (Å²) in [5.74, 6) is 0. The molecule has 0 spiro atoms. The molecule has 0 unspecified atom stereocenters. The summed E-state index contributed by atoms with van der Waals surface area (Å²) in [7, 11) is 0. The van der Waals surface area contributed by atoms with Crippen molar-refractivity contribution in [3.05, 3.63) is 41.5 Å². The summed E-state index contributed by atoms with van der Waals surface area (Å²) >= 11 is 0. The van der Waals surface area contributed by atoms with Crippen LogP contribution >= 0.6 is 0 Å². The van der Waals surface area contributed by atoms with Gasteiger partial charge in [-0.2, -0.15) is 0 Å². The number of fused-ring (bicyclic) bond motifs is 1. The molecule has 0 bridgehead atoms. The van der Waals surface area contributed by atoms with Crippen molar-refractivity contribution >= 4 is 5.57 Å². The first kappa shape index (κ1) is 11.0. The number of benzene rings is 1. The zero-order valence-electron chi connectivity index (χ0n) is 8.96. The van der Waals surface area contributed by atoms with Gasteiger partial charge < -0.3 is 5.11 Å². The molecule has 1 aromatic carbocycles. The maximum absolute atomic E-state index is 8.78. The fourth-order valence-electron chi connectivity index (χ4n) is 1.78. The monoisotopic (exact) mass is 190 g/mol. The summed E-state index contributed by atoms with van der Waals surface area (Å²) in [4.78, 5) is 0. The van der Waals surface area contributed by atoms with E-state index in [0.717, 1.165) is 12.8 Å². The van der Waals surface area contributed by atoms with Crippen LogP contribution in [-0.2, 0) is 6.42 Å². The highest BCUT2D eigenvalue weighted by Gasteiger charge is 2.13. The number of aliphatic hydroxyl groups excluding tert-OH is 1.